The predicted molar refractivity (Wildman–Crippen MR) is 104 cm³/mol. The van der Waals surface area contributed by atoms with E-state index < -0.39 is 15.9 Å². The Morgan fingerprint density at radius 3 is 2.19 bits per heavy atom. The van der Waals surface area contributed by atoms with Crippen LogP contribution in [-0.2, 0) is 9.84 Å². The van der Waals surface area contributed by atoms with Crippen LogP contribution in [0.5, 0.6) is 0 Å². The van der Waals surface area contributed by atoms with Crippen LogP contribution < -0.4 is 9.80 Å². The maximum atomic E-state index is 13.3. The van der Waals surface area contributed by atoms with Gasteiger partial charge in [-0.15, -0.1) is 0 Å². The van der Waals surface area contributed by atoms with Crippen molar-refractivity contribution < 1.29 is 13.2 Å². The number of amides is 2. The van der Waals surface area contributed by atoms with Crippen LogP contribution in [-0.4, -0.2) is 38.0 Å². The molecule has 0 aliphatic carbocycles. The van der Waals surface area contributed by atoms with E-state index in [9.17, 15) is 13.2 Å². The fourth-order valence-electron chi connectivity index (χ4n) is 3.96. The normalized spacial score (nSPS) is 24.2. The summed E-state index contributed by atoms with van der Waals surface area (Å²) in [6, 6.07) is 11.8. The van der Waals surface area contributed by atoms with Crippen LogP contribution in [0.2, 0.25) is 5.02 Å². The van der Waals surface area contributed by atoms with Gasteiger partial charge >= 0.3 is 6.03 Å². The molecule has 7 heteroatoms. The molecule has 2 atom stereocenters. The molecule has 2 heterocycles. The lowest BCUT2D eigenvalue weighted by Gasteiger charge is -2.24. The number of anilines is 2. The molecule has 0 radical (unpaired) electrons. The van der Waals surface area contributed by atoms with E-state index >= 15 is 0 Å². The van der Waals surface area contributed by atoms with Crippen molar-refractivity contribution in [3.05, 3.63) is 58.6 Å². The lowest BCUT2D eigenvalue weighted by Crippen LogP contribution is -2.38. The number of halogens is 1. The lowest BCUT2D eigenvalue weighted by molar-refractivity contribution is 0.255. The largest absolute Gasteiger partial charge is 0.329 e. The van der Waals surface area contributed by atoms with Crippen LogP contribution in [0.3, 0.4) is 0 Å². The van der Waals surface area contributed by atoms with Gasteiger partial charge in [0.05, 0.1) is 23.6 Å². The first-order valence-electron chi connectivity index (χ1n) is 8.42. The summed E-state index contributed by atoms with van der Waals surface area (Å²) in [6.45, 7) is 3.93. The Balaban J connectivity index is 1.82. The minimum Gasteiger partial charge on any atom is -0.288 e. The number of aryl methyl sites for hydroxylation is 2. The third-order valence-electron chi connectivity index (χ3n) is 5.09. The van der Waals surface area contributed by atoms with Gasteiger partial charge in [-0.2, -0.15) is 0 Å². The van der Waals surface area contributed by atoms with Gasteiger partial charge in [0.25, 0.3) is 0 Å². The Hall–Kier alpha value is -2.05. The van der Waals surface area contributed by atoms with E-state index in [4.69, 9.17) is 11.6 Å². The number of sulfone groups is 1. The molecule has 2 fully saturated rings. The van der Waals surface area contributed by atoms with Crippen molar-refractivity contribution in [1.82, 2.24) is 0 Å². The standard InChI is InChI=1S/C19H19ClN2O3S/c1-12-3-8-16(13(2)9-12)22-18-11-26(24,25)10-17(18)21(19(22)23)15-6-4-14(20)5-7-15/h3-9,17-18H,10-11H2,1-2H3/t17-,18+/m0/s1. The molecule has 2 aliphatic heterocycles. The van der Waals surface area contributed by atoms with Crippen LogP contribution in [0.25, 0.3) is 0 Å². The molecular weight excluding hydrogens is 372 g/mol. The molecule has 0 saturated carbocycles. The van der Waals surface area contributed by atoms with E-state index in [0.29, 0.717) is 10.7 Å². The van der Waals surface area contributed by atoms with E-state index in [1.807, 2.05) is 32.0 Å². The average Bonchev–Trinajstić information content (AvgIpc) is 2.99. The summed E-state index contributed by atoms with van der Waals surface area (Å²) < 4.78 is 24.6. The average molecular weight is 391 g/mol. The first-order valence-corrected chi connectivity index (χ1v) is 10.6. The molecule has 2 aromatic rings. The minimum atomic E-state index is -3.20. The molecule has 26 heavy (non-hydrogen) atoms. The number of fused-ring (bicyclic) bond motifs is 1. The van der Waals surface area contributed by atoms with Gasteiger partial charge in [0.15, 0.2) is 9.84 Å². The monoisotopic (exact) mass is 390 g/mol. The summed E-state index contributed by atoms with van der Waals surface area (Å²) >= 11 is 5.96. The highest BCUT2D eigenvalue weighted by molar-refractivity contribution is 7.91. The molecule has 0 aromatic heterocycles. The molecule has 0 N–H and O–H groups in total. The van der Waals surface area contributed by atoms with Gasteiger partial charge in [-0.25, -0.2) is 13.2 Å². The van der Waals surface area contributed by atoms with E-state index in [-0.39, 0.29) is 23.6 Å². The fraction of sp³-hybridized carbons (Fsp3) is 0.316. The van der Waals surface area contributed by atoms with Gasteiger partial charge in [-0.05, 0) is 49.7 Å². The first-order chi connectivity index (χ1) is 12.3. The predicted octanol–water partition coefficient (Wildman–Crippen LogP) is 3.57. The van der Waals surface area contributed by atoms with Gasteiger partial charge in [-0.3, -0.25) is 9.80 Å². The van der Waals surface area contributed by atoms with Crippen molar-refractivity contribution in [2.24, 2.45) is 0 Å². The highest BCUT2D eigenvalue weighted by atomic mass is 35.5. The summed E-state index contributed by atoms with van der Waals surface area (Å²) in [5, 5.41) is 0.572. The molecule has 4 rings (SSSR count). The van der Waals surface area contributed by atoms with Crippen molar-refractivity contribution in [3.63, 3.8) is 0 Å². The Labute approximate surface area is 158 Å². The highest BCUT2D eigenvalue weighted by Crippen LogP contribution is 2.39. The van der Waals surface area contributed by atoms with E-state index in [0.717, 1.165) is 16.8 Å². The second kappa shape index (κ2) is 5.99. The third kappa shape index (κ3) is 2.77. The number of carbonyl (C=O) groups excluding carboxylic acids is 1. The van der Waals surface area contributed by atoms with Crippen molar-refractivity contribution in [1.29, 1.82) is 0 Å². The molecule has 136 valence electrons. The van der Waals surface area contributed by atoms with Crippen molar-refractivity contribution >= 4 is 38.8 Å². The summed E-state index contributed by atoms with van der Waals surface area (Å²) in [5.41, 5.74) is 3.49. The maximum absolute atomic E-state index is 13.3. The molecule has 0 spiro atoms. The number of nitrogens with zero attached hydrogens (tertiary/aromatic N) is 2. The Kier molecular flexibility index (Phi) is 4.00. The zero-order valence-electron chi connectivity index (χ0n) is 14.5. The van der Waals surface area contributed by atoms with Gasteiger partial charge in [-0.1, -0.05) is 29.3 Å². The number of rotatable bonds is 2. The number of urea groups is 1. The van der Waals surface area contributed by atoms with E-state index in [1.54, 1.807) is 34.1 Å². The van der Waals surface area contributed by atoms with E-state index in [2.05, 4.69) is 0 Å². The van der Waals surface area contributed by atoms with Gasteiger partial charge in [0.2, 0.25) is 0 Å². The molecule has 2 aromatic carbocycles. The molecule has 5 nitrogen and oxygen atoms in total. The van der Waals surface area contributed by atoms with E-state index in [1.165, 1.54) is 0 Å². The number of benzene rings is 2. The number of hydrogen-bond acceptors (Lipinski definition) is 3. The van der Waals surface area contributed by atoms with Crippen LogP contribution in [0.1, 0.15) is 11.1 Å². The summed E-state index contributed by atoms with van der Waals surface area (Å²) in [5.74, 6) is -0.0335. The van der Waals surface area contributed by atoms with Crippen molar-refractivity contribution in [2.75, 3.05) is 21.3 Å². The minimum absolute atomic E-state index is 0.0131. The second-order valence-corrected chi connectivity index (χ2v) is 9.59. The maximum Gasteiger partial charge on any atom is 0.329 e. The van der Waals surface area contributed by atoms with Crippen molar-refractivity contribution in [3.8, 4) is 0 Å². The zero-order valence-corrected chi connectivity index (χ0v) is 16.1. The molecule has 0 bridgehead atoms. The lowest BCUT2D eigenvalue weighted by atomic mass is 10.1. The van der Waals surface area contributed by atoms with Crippen LogP contribution in [0.4, 0.5) is 16.2 Å². The molecule has 2 saturated heterocycles. The topological polar surface area (TPSA) is 57.7 Å². The Bertz CT molecular complexity index is 988. The van der Waals surface area contributed by atoms with Crippen LogP contribution in [0, 0.1) is 13.8 Å². The van der Waals surface area contributed by atoms with Gasteiger partial charge < -0.3 is 0 Å². The van der Waals surface area contributed by atoms with Gasteiger partial charge in [0.1, 0.15) is 0 Å². The molecule has 0 unspecified atom stereocenters. The molecule has 2 aliphatic rings. The fourth-order valence-corrected chi connectivity index (χ4v) is 6.01. The SMILES string of the molecule is Cc1ccc(N2C(=O)N(c3ccc(Cl)cc3)[C@H]3CS(=O)(=O)C[C@H]32)c(C)c1. The summed E-state index contributed by atoms with van der Waals surface area (Å²) in [7, 11) is -3.20. The smallest absolute Gasteiger partial charge is 0.288 e. The quantitative estimate of drug-likeness (QED) is 0.736. The Morgan fingerprint density at radius 2 is 1.58 bits per heavy atom. The number of hydrogen-bond donors (Lipinski definition) is 0. The Morgan fingerprint density at radius 1 is 0.962 bits per heavy atom. The number of carbonyl (C=O) groups is 1. The highest BCUT2D eigenvalue weighted by Gasteiger charge is 2.54. The van der Waals surface area contributed by atoms with Crippen LogP contribution >= 0.6 is 11.6 Å². The van der Waals surface area contributed by atoms with Crippen LogP contribution in [0.15, 0.2) is 42.5 Å². The molecular formula is C19H19ClN2O3S. The van der Waals surface area contributed by atoms with Crippen molar-refractivity contribution in [2.45, 2.75) is 25.9 Å². The first kappa shape index (κ1) is 17.4. The summed E-state index contributed by atoms with van der Waals surface area (Å²) in [6.07, 6.45) is 0. The summed E-state index contributed by atoms with van der Waals surface area (Å²) in [4.78, 5) is 16.5. The zero-order chi connectivity index (χ0) is 18.6. The second-order valence-electron chi connectivity index (χ2n) is 7.00. The molecule has 2 amide bonds. The van der Waals surface area contributed by atoms with Gasteiger partial charge in [0, 0.05) is 16.4 Å². The third-order valence-corrected chi connectivity index (χ3v) is 7.04.